The third-order valence-corrected chi connectivity index (χ3v) is 2.33. The van der Waals surface area contributed by atoms with Crippen LogP contribution in [0.15, 0.2) is 18.2 Å². The minimum absolute atomic E-state index is 0.110. The van der Waals surface area contributed by atoms with Gasteiger partial charge >= 0.3 is 0 Å². The van der Waals surface area contributed by atoms with Gasteiger partial charge in [-0.3, -0.25) is 0 Å². The number of aliphatic hydroxyl groups is 1. The van der Waals surface area contributed by atoms with Crippen LogP contribution in [0.3, 0.4) is 0 Å². The summed E-state index contributed by atoms with van der Waals surface area (Å²) in [5.41, 5.74) is 1.85. The highest BCUT2D eigenvalue weighted by molar-refractivity contribution is 5.38. The van der Waals surface area contributed by atoms with E-state index in [4.69, 9.17) is 0 Å². The third kappa shape index (κ3) is 2.01. The molecule has 0 amide bonds. The van der Waals surface area contributed by atoms with Crippen molar-refractivity contribution in [2.24, 2.45) is 0 Å². The van der Waals surface area contributed by atoms with E-state index in [1.807, 2.05) is 26.8 Å². The Bertz CT molecular complexity index is 303. The predicted molar refractivity (Wildman–Crippen MR) is 53.0 cm³/mol. The van der Waals surface area contributed by atoms with Crippen LogP contribution in [0.5, 0.6) is 5.75 Å². The zero-order valence-corrected chi connectivity index (χ0v) is 8.33. The van der Waals surface area contributed by atoms with Crippen molar-refractivity contribution in [3.05, 3.63) is 29.3 Å². The first-order valence-corrected chi connectivity index (χ1v) is 4.38. The van der Waals surface area contributed by atoms with Gasteiger partial charge in [0.1, 0.15) is 5.75 Å². The molecule has 0 heterocycles. The molecule has 1 aromatic carbocycles. The molecule has 2 N–H and O–H groups in total. The summed E-state index contributed by atoms with van der Waals surface area (Å²) in [6, 6.07) is 5.23. The Kier molecular flexibility index (Phi) is 2.62. The standard InChI is InChI=1S/C11H16O2/c1-8-6-9(13)4-5-10(8)11(2,3)7-12/h4-6,12-13H,7H2,1-3H3. The van der Waals surface area contributed by atoms with Gasteiger partial charge in [-0.25, -0.2) is 0 Å². The Morgan fingerprint density at radius 2 is 1.92 bits per heavy atom. The molecule has 0 aromatic heterocycles. The maximum absolute atomic E-state index is 9.21. The van der Waals surface area contributed by atoms with Gasteiger partial charge in [0.05, 0.1) is 6.61 Å². The van der Waals surface area contributed by atoms with E-state index in [9.17, 15) is 10.2 Å². The maximum atomic E-state index is 9.21. The number of benzene rings is 1. The highest BCUT2D eigenvalue weighted by atomic mass is 16.3. The summed E-state index contributed by atoms with van der Waals surface area (Å²) in [4.78, 5) is 0. The van der Waals surface area contributed by atoms with E-state index in [1.165, 1.54) is 0 Å². The van der Waals surface area contributed by atoms with Crippen LogP contribution < -0.4 is 0 Å². The molecule has 0 aliphatic heterocycles. The molecule has 0 aliphatic carbocycles. The second-order valence-electron chi connectivity index (χ2n) is 4.04. The second kappa shape index (κ2) is 3.38. The predicted octanol–water partition coefficient (Wildman–Crippen LogP) is 1.97. The summed E-state index contributed by atoms with van der Waals surface area (Å²) in [5.74, 6) is 0.273. The van der Waals surface area contributed by atoms with E-state index < -0.39 is 0 Å². The van der Waals surface area contributed by atoms with Gasteiger partial charge in [0.2, 0.25) is 0 Å². The minimum atomic E-state index is -0.238. The average molecular weight is 180 g/mol. The van der Waals surface area contributed by atoms with Gasteiger partial charge in [0.15, 0.2) is 0 Å². The quantitative estimate of drug-likeness (QED) is 0.730. The number of aliphatic hydroxyl groups excluding tert-OH is 1. The fourth-order valence-electron chi connectivity index (χ4n) is 1.49. The Morgan fingerprint density at radius 1 is 1.31 bits per heavy atom. The van der Waals surface area contributed by atoms with Gasteiger partial charge in [-0.1, -0.05) is 19.9 Å². The summed E-state index contributed by atoms with van der Waals surface area (Å²) in [6.07, 6.45) is 0. The first-order chi connectivity index (χ1) is 5.97. The number of aromatic hydroxyl groups is 1. The number of hydrogen-bond donors (Lipinski definition) is 2. The molecule has 2 nitrogen and oxygen atoms in total. The van der Waals surface area contributed by atoms with Gasteiger partial charge in [0, 0.05) is 5.41 Å². The van der Waals surface area contributed by atoms with Crippen molar-refractivity contribution in [3.63, 3.8) is 0 Å². The van der Waals surface area contributed by atoms with Crippen molar-refractivity contribution >= 4 is 0 Å². The number of rotatable bonds is 2. The molecule has 0 atom stereocenters. The summed E-state index contributed by atoms with van der Waals surface area (Å²) in [6.45, 7) is 6.00. The van der Waals surface area contributed by atoms with Crippen LogP contribution >= 0.6 is 0 Å². The summed E-state index contributed by atoms with van der Waals surface area (Å²) >= 11 is 0. The monoisotopic (exact) mass is 180 g/mol. The smallest absolute Gasteiger partial charge is 0.115 e. The van der Waals surface area contributed by atoms with Gasteiger partial charge < -0.3 is 10.2 Å². The summed E-state index contributed by atoms with van der Waals surface area (Å²) in [7, 11) is 0. The Morgan fingerprint density at radius 3 is 2.38 bits per heavy atom. The summed E-state index contributed by atoms with van der Waals surface area (Å²) < 4.78 is 0. The largest absolute Gasteiger partial charge is 0.508 e. The van der Waals surface area contributed by atoms with Crippen LogP contribution in [0, 0.1) is 6.92 Å². The van der Waals surface area contributed by atoms with Crippen LogP contribution in [0.25, 0.3) is 0 Å². The molecule has 2 heteroatoms. The van der Waals surface area contributed by atoms with Crippen molar-refractivity contribution in [1.29, 1.82) is 0 Å². The van der Waals surface area contributed by atoms with Crippen molar-refractivity contribution in [3.8, 4) is 5.75 Å². The number of hydrogen-bond acceptors (Lipinski definition) is 2. The molecule has 1 aromatic rings. The molecule has 72 valence electrons. The zero-order valence-electron chi connectivity index (χ0n) is 8.33. The molecule has 1 rings (SSSR count). The van der Waals surface area contributed by atoms with E-state index in [0.717, 1.165) is 11.1 Å². The lowest BCUT2D eigenvalue weighted by atomic mass is 9.83. The summed E-state index contributed by atoms with van der Waals surface area (Å²) in [5, 5.41) is 18.4. The van der Waals surface area contributed by atoms with E-state index in [0.29, 0.717) is 0 Å². The van der Waals surface area contributed by atoms with Gasteiger partial charge in [0.25, 0.3) is 0 Å². The number of phenolic OH excluding ortho intramolecular Hbond substituents is 1. The molecule has 0 saturated heterocycles. The normalized spacial score (nSPS) is 11.7. The van der Waals surface area contributed by atoms with Crippen LogP contribution in [0.1, 0.15) is 25.0 Å². The molecule has 0 unspecified atom stereocenters. The van der Waals surface area contributed by atoms with Gasteiger partial charge in [-0.05, 0) is 30.2 Å². The average Bonchev–Trinajstić information content (AvgIpc) is 2.03. The first-order valence-electron chi connectivity index (χ1n) is 4.38. The van der Waals surface area contributed by atoms with Gasteiger partial charge in [-0.15, -0.1) is 0 Å². The molecule has 0 fully saturated rings. The van der Waals surface area contributed by atoms with E-state index in [2.05, 4.69) is 0 Å². The Labute approximate surface area is 78.8 Å². The van der Waals surface area contributed by atoms with Crippen LogP contribution in [-0.2, 0) is 5.41 Å². The van der Waals surface area contributed by atoms with Crippen molar-refractivity contribution < 1.29 is 10.2 Å². The number of aryl methyl sites for hydroxylation is 1. The molecule has 0 radical (unpaired) electrons. The van der Waals surface area contributed by atoms with Gasteiger partial charge in [-0.2, -0.15) is 0 Å². The molecule has 0 saturated carbocycles. The Hall–Kier alpha value is -1.02. The van der Waals surface area contributed by atoms with Crippen molar-refractivity contribution in [2.45, 2.75) is 26.2 Å². The van der Waals surface area contributed by atoms with Crippen LogP contribution in [0.4, 0.5) is 0 Å². The Balaban J connectivity index is 3.16. The molecule has 0 bridgehead atoms. The lowest BCUT2D eigenvalue weighted by molar-refractivity contribution is 0.218. The maximum Gasteiger partial charge on any atom is 0.115 e. The fraction of sp³-hybridized carbons (Fsp3) is 0.455. The first kappa shape index (κ1) is 10.1. The van der Waals surface area contributed by atoms with Crippen LogP contribution in [0.2, 0.25) is 0 Å². The minimum Gasteiger partial charge on any atom is -0.508 e. The molecule has 0 aliphatic rings. The zero-order chi connectivity index (χ0) is 10.1. The lowest BCUT2D eigenvalue weighted by Crippen LogP contribution is -2.23. The van der Waals surface area contributed by atoms with Crippen molar-refractivity contribution in [2.75, 3.05) is 6.61 Å². The fourth-order valence-corrected chi connectivity index (χ4v) is 1.49. The van der Waals surface area contributed by atoms with Crippen LogP contribution in [-0.4, -0.2) is 16.8 Å². The van der Waals surface area contributed by atoms with E-state index in [1.54, 1.807) is 12.1 Å². The molecular formula is C11H16O2. The molecular weight excluding hydrogens is 164 g/mol. The lowest BCUT2D eigenvalue weighted by Gasteiger charge is -2.24. The third-order valence-electron chi connectivity index (χ3n) is 2.33. The number of phenols is 1. The highest BCUT2D eigenvalue weighted by Crippen LogP contribution is 2.27. The highest BCUT2D eigenvalue weighted by Gasteiger charge is 2.21. The second-order valence-corrected chi connectivity index (χ2v) is 4.04. The van der Waals surface area contributed by atoms with E-state index >= 15 is 0 Å². The van der Waals surface area contributed by atoms with E-state index in [-0.39, 0.29) is 17.8 Å². The van der Waals surface area contributed by atoms with Crippen molar-refractivity contribution in [1.82, 2.24) is 0 Å². The molecule has 13 heavy (non-hydrogen) atoms. The topological polar surface area (TPSA) is 40.5 Å². The molecule has 0 spiro atoms. The SMILES string of the molecule is Cc1cc(O)ccc1C(C)(C)CO.